The molecule has 0 atom stereocenters. The topological polar surface area (TPSA) is 52.7 Å². The monoisotopic (exact) mass is 407 g/mol. The van der Waals surface area contributed by atoms with Gasteiger partial charge < -0.3 is 10.2 Å². The first-order valence-electron chi connectivity index (χ1n) is 8.93. The predicted molar refractivity (Wildman–Crippen MR) is 115 cm³/mol. The van der Waals surface area contributed by atoms with Crippen molar-refractivity contribution in [3.8, 4) is 0 Å². The summed E-state index contributed by atoms with van der Waals surface area (Å²) in [5.41, 5.74) is 1.99. The molecule has 29 heavy (non-hydrogen) atoms. The molecule has 1 aliphatic heterocycles. The lowest BCUT2D eigenvalue weighted by molar-refractivity contribution is -0.120. The fourth-order valence-electron chi connectivity index (χ4n) is 3.13. The van der Waals surface area contributed by atoms with E-state index in [0.29, 0.717) is 10.6 Å². The van der Waals surface area contributed by atoms with Crippen LogP contribution in [0.3, 0.4) is 0 Å². The Morgan fingerprint density at radius 1 is 0.931 bits per heavy atom. The third-order valence-corrected chi connectivity index (χ3v) is 5.49. The van der Waals surface area contributed by atoms with E-state index in [9.17, 15) is 14.0 Å². The van der Waals surface area contributed by atoms with Crippen molar-refractivity contribution in [2.24, 2.45) is 0 Å². The summed E-state index contributed by atoms with van der Waals surface area (Å²) in [7, 11) is 3.87. The molecule has 1 N–H and O–H groups in total. The highest BCUT2D eigenvalue weighted by molar-refractivity contribution is 7.11. The number of hydrogen-bond acceptors (Lipinski definition) is 5. The zero-order valence-corrected chi connectivity index (χ0v) is 16.7. The molecule has 0 aliphatic carbocycles. The van der Waals surface area contributed by atoms with Crippen LogP contribution in [0.4, 0.5) is 21.5 Å². The molecular formula is C22H18FN3O2S. The van der Waals surface area contributed by atoms with Crippen LogP contribution in [0.5, 0.6) is 0 Å². The highest BCUT2D eigenvalue weighted by Crippen LogP contribution is 2.36. The standard InChI is InChI=1S/C22H18FN3O2S/c1-25(2)15-11-9-14(10-12-15)24-20-19(18-8-5-13-29-18)21(27)26(22(20)28)17-7-4-3-6-16(17)23/h3-13,24H,1-2H3. The molecule has 0 saturated carbocycles. The number of nitrogens with zero attached hydrogens (tertiary/aromatic N) is 2. The van der Waals surface area contributed by atoms with E-state index in [4.69, 9.17) is 0 Å². The van der Waals surface area contributed by atoms with Gasteiger partial charge in [-0.25, -0.2) is 9.29 Å². The fraction of sp³-hybridized carbons (Fsp3) is 0.0909. The minimum Gasteiger partial charge on any atom is -0.378 e. The molecule has 2 heterocycles. The van der Waals surface area contributed by atoms with Gasteiger partial charge in [-0.15, -0.1) is 11.3 Å². The van der Waals surface area contributed by atoms with Crippen molar-refractivity contribution in [3.05, 3.63) is 82.4 Å². The second-order valence-electron chi connectivity index (χ2n) is 6.69. The van der Waals surface area contributed by atoms with Crippen molar-refractivity contribution in [1.29, 1.82) is 0 Å². The molecule has 2 aromatic carbocycles. The summed E-state index contributed by atoms with van der Waals surface area (Å²) in [5, 5.41) is 4.91. The van der Waals surface area contributed by atoms with Crippen LogP contribution in [0.1, 0.15) is 4.88 Å². The van der Waals surface area contributed by atoms with E-state index in [1.54, 1.807) is 18.2 Å². The van der Waals surface area contributed by atoms with Crippen LogP contribution < -0.4 is 15.1 Å². The Morgan fingerprint density at radius 2 is 1.66 bits per heavy atom. The maximum absolute atomic E-state index is 14.3. The Bertz CT molecular complexity index is 1110. The largest absolute Gasteiger partial charge is 0.378 e. The number of para-hydroxylation sites is 1. The molecule has 0 unspecified atom stereocenters. The summed E-state index contributed by atoms with van der Waals surface area (Å²) in [6.45, 7) is 0. The molecule has 7 heteroatoms. The van der Waals surface area contributed by atoms with Crippen molar-refractivity contribution in [1.82, 2.24) is 0 Å². The Kier molecular flexibility index (Phi) is 4.90. The van der Waals surface area contributed by atoms with Crippen LogP contribution in [-0.2, 0) is 9.59 Å². The van der Waals surface area contributed by atoms with Crippen LogP contribution in [-0.4, -0.2) is 25.9 Å². The maximum atomic E-state index is 14.3. The Morgan fingerprint density at radius 3 is 2.28 bits per heavy atom. The summed E-state index contributed by atoms with van der Waals surface area (Å²) in [4.78, 5) is 29.8. The number of halogens is 1. The van der Waals surface area contributed by atoms with Gasteiger partial charge in [0.2, 0.25) is 0 Å². The van der Waals surface area contributed by atoms with Crippen molar-refractivity contribution < 1.29 is 14.0 Å². The Hall–Kier alpha value is -3.45. The average molecular weight is 407 g/mol. The van der Waals surface area contributed by atoms with Gasteiger partial charge in [-0.2, -0.15) is 0 Å². The van der Waals surface area contributed by atoms with Crippen LogP contribution in [0.25, 0.3) is 5.57 Å². The fourth-order valence-corrected chi connectivity index (χ4v) is 3.90. The lowest BCUT2D eigenvalue weighted by Gasteiger charge is -2.16. The molecule has 4 rings (SSSR count). The van der Waals surface area contributed by atoms with Crippen LogP contribution in [0.2, 0.25) is 0 Å². The Labute approximate surface area is 171 Å². The van der Waals surface area contributed by atoms with Crippen molar-refractivity contribution in [2.45, 2.75) is 0 Å². The minimum absolute atomic E-state index is 0.0590. The maximum Gasteiger partial charge on any atom is 0.282 e. The van der Waals surface area contributed by atoms with E-state index in [2.05, 4.69) is 5.32 Å². The van der Waals surface area contributed by atoms with Gasteiger partial charge in [0.05, 0.1) is 11.3 Å². The number of imide groups is 1. The molecule has 0 radical (unpaired) electrons. The third-order valence-electron chi connectivity index (χ3n) is 4.60. The number of amides is 2. The van der Waals surface area contributed by atoms with Crippen LogP contribution >= 0.6 is 11.3 Å². The van der Waals surface area contributed by atoms with Crippen molar-refractivity contribution >= 4 is 45.8 Å². The molecule has 1 aliphatic rings. The summed E-state index contributed by atoms with van der Waals surface area (Å²) in [6, 6.07) is 16.8. The van der Waals surface area contributed by atoms with E-state index in [-0.39, 0.29) is 17.0 Å². The van der Waals surface area contributed by atoms with E-state index < -0.39 is 17.6 Å². The first-order chi connectivity index (χ1) is 14.0. The second kappa shape index (κ2) is 7.52. The van der Waals surface area contributed by atoms with Gasteiger partial charge >= 0.3 is 0 Å². The zero-order chi connectivity index (χ0) is 20.5. The SMILES string of the molecule is CN(C)c1ccc(NC2=C(c3cccs3)C(=O)N(c3ccccc3F)C2=O)cc1. The summed E-state index contributed by atoms with van der Waals surface area (Å²) >= 11 is 1.35. The number of anilines is 3. The minimum atomic E-state index is -0.628. The highest BCUT2D eigenvalue weighted by Gasteiger charge is 2.41. The number of hydrogen-bond donors (Lipinski definition) is 1. The number of rotatable bonds is 5. The van der Waals surface area contributed by atoms with Gasteiger partial charge in [0.15, 0.2) is 0 Å². The number of nitrogens with one attached hydrogen (secondary N) is 1. The number of benzene rings is 2. The van der Waals surface area contributed by atoms with Crippen LogP contribution in [0.15, 0.2) is 71.7 Å². The molecule has 0 spiro atoms. The summed E-state index contributed by atoms with van der Waals surface area (Å²) < 4.78 is 14.3. The van der Waals surface area contributed by atoms with E-state index in [1.807, 2.05) is 48.6 Å². The Balaban J connectivity index is 1.76. The molecule has 2 amide bonds. The van der Waals surface area contributed by atoms with Gasteiger partial charge in [-0.05, 0) is 47.8 Å². The smallest absolute Gasteiger partial charge is 0.282 e. The highest BCUT2D eigenvalue weighted by atomic mass is 32.1. The molecule has 0 fully saturated rings. The molecule has 0 bridgehead atoms. The molecule has 0 saturated heterocycles. The molecule has 5 nitrogen and oxygen atoms in total. The number of carbonyl (C=O) groups is 2. The molecule has 146 valence electrons. The lowest BCUT2D eigenvalue weighted by atomic mass is 10.1. The average Bonchev–Trinajstić information content (AvgIpc) is 3.30. The van der Waals surface area contributed by atoms with Gasteiger partial charge in [0.1, 0.15) is 11.5 Å². The number of thiophene rings is 1. The zero-order valence-electron chi connectivity index (χ0n) is 15.8. The van der Waals surface area contributed by atoms with Crippen LogP contribution in [0, 0.1) is 5.82 Å². The van der Waals surface area contributed by atoms with Crippen molar-refractivity contribution in [3.63, 3.8) is 0 Å². The van der Waals surface area contributed by atoms with Gasteiger partial charge in [-0.1, -0.05) is 18.2 Å². The predicted octanol–water partition coefficient (Wildman–Crippen LogP) is 4.35. The lowest BCUT2D eigenvalue weighted by Crippen LogP contribution is -2.33. The quantitative estimate of drug-likeness (QED) is 0.639. The third kappa shape index (κ3) is 3.40. The van der Waals surface area contributed by atoms with E-state index in [0.717, 1.165) is 10.6 Å². The summed E-state index contributed by atoms with van der Waals surface area (Å²) in [6.07, 6.45) is 0. The van der Waals surface area contributed by atoms with Gasteiger partial charge in [-0.3, -0.25) is 9.59 Å². The molecular weight excluding hydrogens is 389 g/mol. The van der Waals surface area contributed by atoms with Gasteiger partial charge in [0, 0.05) is 30.3 Å². The molecule has 1 aromatic heterocycles. The first-order valence-corrected chi connectivity index (χ1v) is 9.81. The van der Waals surface area contributed by atoms with Gasteiger partial charge in [0.25, 0.3) is 11.8 Å². The summed E-state index contributed by atoms with van der Waals surface area (Å²) in [5.74, 6) is -1.76. The first kappa shape index (κ1) is 18.9. The van der Waals surface area contributed by atoms with E-state index >= 15 is 0 Å². The molecule has 3 aromatic rings. The number of carbonyl (C=O) groups excluding carboxylic acids is 2. The van der Waals surface area contributed by atoms with E-state index in [1.165, 1.54) is 29.5 Å². The second-order valence-corrected chi connectivity index (χ2v) is 7.64. The normalized spacial score (nSPS) is 14.0. The van der Waals surface area contributed by atoms with Crippen molar-refractivity contribution in [2.75, 3.05) is 29.2 Å².